The summed E-state index contributed by atoms with van der Waals surface area (Å²) in [5, 5.41) is 8.85. The molecule has 0 bridgehead atoms. The normalized spacial score (nSPS) is 10.2. The van der Waals surface area contributed by atoms with Crippen LogP contribution >= 0.6 is 0 Å². The third kappa shape index (κ3) is 4.33. The maximum atomic E-state index is 13.2. The van der Waals surface area contributed by atoms with Gasteiger partial charge in [0.05, 0.1) is 6.61 Å². The number of carbonyl (C=O) groups excluding carboxylic acids is 1. The van der Waals surface area contributed by atoms with Gasteiger partial charge in [0.2, 0.25) is 0 Å². The first kappa shape index (κ1) is 14.4. The van der Waals surface area contributed by atoms with E-state index in [1.807, 2.05) is 6.92 Å². The molecule has 0 aromatic heterocycles. The Hall–Kier alpha value is -1.62. The second-order valence-corrected chi connectivity index (χ2v) is 3.82. The quantitative estimate of drug-likeness (QED) is 0.802. The highest BCUT2D eigenvalue weighted by molar-refractivity contribution is 5.77. The third-order valence-electron chi connectivity index (χ3n) is 2.40. The van der Waals surface area contributed by atoms with Crippen LogP contribution in [-0.4, -0.2) is 42.2 Å². The van der Waals surface area contributed by atoms with Gasteiger partial charge in [-0.3, -0.25) is 4.79 Å². The number of hydrogen-bond donors (Lipinski definition) is 1. The molecule has 0 aliphatic rings. The molecule has 0 aliphatic heterocycles. The Bertz CT molecular complexity index is 378. The highest BCUT2D eigenvalue weighted by Gasteiger charge is 2.13. The zero-order valence-electron chi connectivity index (χ0n) is 10.4. The molecule has 100 valence electrons. The Kier molecular flexibility index (Phi) is 6.14. The van der Waals surface area contributed by atoms with Crippen LogP contribution in [0.2, 0.25) is 0 Å². The summed E-state index contributed by atoms with van der Waals surface area (Å²) in [7, 11) is 0. The minimum absolute atomic E-state index is 0.0614. The summed E-state index contributed by atoms with van der Waals surface area (Å²) in [5.41, 5.74) is 0. The molecule has 5 heteroatoms. The number of rotatable bonds is 7. The van der Waals surface area contributed by atoms with Gasteiger partial charge in [-0.15, -0.1) is 0 Å². The van der Waals surface area contributed by atoms with E-state index in [-0.39, 0.29) is 31.4 Å². The van der Waals surface area contributed by atoms with Crippen molar-refractivity contribution in [2.24, 2.45) is 0 Å². The van der Waals surface area contributed by atoms with Crippen LogP contribution in [0.1, 0.15) is 13.3 Å². The van der Waals surface area contributed by atoms with E-state index < -0.39 is 5.82 Å². The second kappa shape index (κ2) is 7.66. The SMILES string of the molecule is CCCN(CCO)C(=O)COc1ccccc1F. The van der Waals surface area contributed by atoms with Crippen molar-refractivity contribution in [2.75, 3.05) is 26.3 Å². The van der Waals surface area contributed by atoms with Crippen LogP contribution in [0.5, 0.6) is 5.75 Å². The molecule has 0 fully saturated rings. The Balaban J connectivity index is 2.51. The van der Waals surface area contributed by atoms with Crippen LogP contribution in [0.25, 0.3) is 0 Å². The van der Waals surface area contributed by atoms with Crippen LogP contribution < -0.4 is 4.74 Å². The molecule has 1 N–H and O–H groups in total. The summed E-state index contributed by atoms with van der Waals surface area (Å²) in [6.45, 7) is 2.45. The van der Waals surface area contributed by atoms with Gasteiger partial charge in [-0.25, -0.2) is 4.39 Å². The summed E-state index contributed by atoms with van der Waals surface area (Å²) in [6.07, 6.45) is 0.797. The fraction of sp³-hybridized carbons (Fsp3) is 0.462. The maximum absolute atomic E-state index is 13.2. The predicted molar refractivity (Wildman–Crippen MR) is 65.9 cm³/mol. The number of amides is 1. The fourth-order valence-corrected chi connectivity index (χ4v) is 1.54. The number of nitrogens with zero attached hydrogens (tertiary/aromatic N) is 1. The van der Waals surface area contributed by atoms with E-state index in [0.29, 0.717) is 6.54 Å². The summed E-state index contributed by atoms with van der Waals surface area (Å²) in [4.78, 5) is 13.3. The van der Waals surface area contributed by atoms with Crippen molar-refractivity contribution in [3.63, 3.8) is 0 Å². The van der Waals surface area contributed by atoms with E-state index in [2.05, 4.69) is 0 Å². The van der Waals surface area contributed by atoms with E-state index in [9.17, 15) is 9.18 Å². The first-order valence-corrected chi connectivity index (χ1v) is 5.95. The maximum Gasteiger partial charge on any atom is 0.260 e. The molecule has 0 saturated carbocycles. The molecule has 0 unspecified atom stereocenters. The molecule has 0 atom stereocenters. The highest BCUT2D eigenvalue weighted by atomic mass is 19.1. The van der Waals surface area contributed by atoms with Gasteiger partial charge >= 0.3 is 0 Å². The van der Waals surface area contributed by atoms with Gasteiger partial charge in [-0.2, -0.15) is 0 Å². The van der Waals surface area contributed by atoms with Gasteiger partial charge in [0.15, 0.2) is 18.2 Å². The fourth-order valence-electron chi connectivity index (χ4n) is 1.54. The van der Waals surface area contributed by atoms with Gasteiger partial charge < -0.3 is 14.7 Å². The lowest BCUT2D eigenvalue weighted by molar-refractivity contribution is -0.134. The van der Waals surface area contributed by atoms with Gasteiger partial charge in [0.1, 0.15) is 0 Å². The van der Waals surface area contributed by atoms with Gasteiger partial charge in [-0.1, -0.05) is 19.1 Å². The largest absolute Gasteiger partial charge is 0.481 e. The van der Waals surface area contributed by atoms with Crippen molar-refractivity contribution in [3.8, 4) is 5.75 Å². The molecule has 1 rings (SSSR count). The van der Waals surface area contributed by atoms with Gasteiger partial charge in [0, 0.05) is 13.1 Å². The van der Waals surface area contributed by atoms with Crippen molar-refractivity contribution >= 4 is 5.91 Å². The number of halogens is 1. The molecule has 18 heavy (non-hydrogen) atoms. The molecule has 1 aromatic carbocycles. The average molecular weight is 255 g/mol. The second-order valence-electron chi connectivity index (χ2n) is 3.82. The van der Waals surface area contributed by atoms with Crippen molar-refractivity contribution in [1.82, 2.24) is 4.90 Å². The lowest BCUT2D eigenvalue weighted by atomic mass is 10.3. The Morgan fingerprint density at radius 3 is 2.72 bits per heavy atom. The third-order valence-corrected chi connectivity index (χ3v) is 2.40. The monoisotopic (exact) mass is 255 g/mol. The first-order chi connectivity index (χ1) is 8.69. The zero-order chi connectivity index (χ0) is 13.4. The molecule has 4 nitrogen and oxygen atoms in total. The van der Waals surface area contributed by atoms with Crippen LogP contribution in [0, 0.1) is 5.82 Å². The van der Waals surface area contributed by atoms with E-state index >= 15 is 0 Å². The number of hydrogen-bond acceptors (Lipinski definition) is 3. The molecule has 1 amide bonds. The lowest BCUT2D eigenvalue weighted by Crippen LogP contribution is -2.37. The van der Waals surface area contributed by atoms with Crippen molar-refractivity contribution in [2.45, 2.75) is 13.3 Å². The molecule has 1 aromatic rings. The molecular weight excluding hydrogens is 237 g/mol. The predicted octanol–water partition coefficient (Wildman–Crippen LogP) is 1.44. The smallest absolute Gasteiger partial charge is 0.260 e. The topological polar surface area (TPSA) is 49.8 Å². The Morgan fingerprint density at radius 1 is 1.39 bits per heavy atom. The standard InChI is InChI=1S/C13H18FNO3/c1-2-7-15(8-9-16)13(17)10-18-12-6-4-3-5-11(12)14/h3-6,16H,2,7-10H2,1H3. The van der Waals surface area contributed by atoms with E-state index in [0.717, 1.165) is 6.42 Å². The molecule has 0 spiro atoms. The summed E-state index contributed by atoms with van der Waals surface area (Å²) in [5.74, 6) is -0.685. The minimum atomic E-state index is -0.491. The number of aliphatic hydroxyl groups excluding tert-OH is 1. The van der Waals surface area contributed by atoms with Crippen LogP contribution in [0.3, 0.4) is 0 Å². The minimum Gasteiger partial charge on any atom is -0.481 e. The molecule has 0 saturated heterocycles. The van der Waals surface area contributed by atoms with Crippen molar-refractivity contribution < 1.29 is 19.0 Å². The molecule has 0 aliphatic carbocycles. The molecular formula is C13H18FNO3. The van der Waals surface area contributed by atoms with E-state index in [4.69, 9.17) is 9.84 Å². The lowest BCUT2D eigenvalue weighted by Gasteiger charge is -2.21. The van der Waals surface area contributed by atoms with Crippen LogP contribution in [0.15, 0.2) is 24.3 Å². The van der Waals surface area contributed by atoms with Crippen molar-refractivity contribution in [3.05, 3.63) is 30.1 Å². The molecule has 0 heterocycles. The average Bonchev–Trinajstić information content (AvgIpc) is 2.37. The zero-order valence-corrected chi connectivity index (χ0v) is 10.4. The van der Waals surface area contributed by atoms with Crippen LogP contribution in [-0.2, 0) is 4.79 Å². The number of aliphatic hydroxyl groups is 1. The first-order valence-electron chi connectivity index (χ1n) is 5.95. The number of para-hydroxylation sites is 1. The van der Waals surface area contributed by atoms with Gasteiger partial charge in [0.25, 0.3) is 5.91 Å². The van der Waals surface area contributed by atoms with E-state index in [1.54, 1.807) is 12.1 Å². The Labute approximate surface area is 106 Å². The number of ether oxygens (including phenoxy) is 1. The van der Waals surface area contributed by atoms with E-state index in [1.165, 1.54) is 17.0 Å². The van der Waals surface area contributed by atoms with Crippen molar-refractivity contribution in [1.29, 1.82) is 0 Å². The van der Waals surface area contributed by atoms with Crippen LogP contribution in [0.4, 0.5) is 4.39 Å². The Morgan fingerprint density at radius 2 is 2.11 bits per heavy atom. The number of carbonyl (C=O) groups is 1. The molecule has 0 radical (unpaired) electrons. The van der Waals surface area contributed by atoms with Gasteiger partial charge in [-0.05, 0) is 18.6 Å². The summed E-state index contributed by atoms with van der Waals surface area (Å²) < 4.78 is 18.4. The summed E-state index contributed by atoms with van der Waals surface area (Å²) >= 11 is 0. The summed E-state index contributed by atoms with van der Waals surface area (Å²) in [6, 6.07) is 5.94. The number of benzene rings is 1. The highest BCUT2D eigenvalue weighted by Crippen LogP contribution is 2.15.